The lowest BCUT2D eigenvalue weighted by atomic mass is 10.0. The molecule has 0 spiro atoms. The number of hydrogen-bond acceptors (Lipinski definition) is 3. The Labute approximate surface area is 119 Å². The van der Waals surface area contributed by atoms with Gasteiger partial charge in [-0.2, -0.15) is 0 Å². The van der Waals surface area contributed by atoms with Crippen LogP contribution >= 0.6 is 0 Å². The Morgan fingerprint density at radius 3 is 1.70 bits per heavy atom. The molecule has 0 saturated carbocycles. The predicted octanol–water partition coefficient (Wildman–Crippen LogP) is 3.57. The molecule has 0 bridgehead atoms. The van der Waals surface area contributed by atoms with Gasteiger partial charge in [-0.15, -0.1) is 0 Å². The highest BCUT2D eigenvalue weighted by Crippen LogP contribution is 2.27. The summed E-state index contributed by atoms with van der Waals surface area (Å²) < 4.78 is 10.9. The Hall–Kier alpha value is -2.00. The molecule has 0 unspecified atom stereocenters. The van der Waals surface area contributed by atoms with Crippen LogP contribution in [0.1, 0.15) is 31.1 Å². The standard InChI is InChI=1S/C17H20O3/c1-3-19-15-9-5-7-13(11-15)17(18)14-8-6-10-16(12-14)20-4-2/h5-12,17-18H,3-4H2,1-2H3. The van der Waals surface area contributed by atoms with Gasteiger partial charge in [-0.3, -0.25) is 0 Å². The van der Waals surface area contributed by atoms with Gasteiger partial charge in [0.1, 0.15) is 17.6 Å². The Kier molecular flexibility index (Phi) is 5.02. The van der Waals surface area contributed by atoms with Gasteiger partial charge in [0.15, 0.2) is 0 Å². The van der Waals surface area contributed by atoms with Crippen LogP contribution in [0.25, 0.3) is 0 Å². The molecule has 0 fully saturated rings. The molecule has 0 aromatic heterocycles. The van der Waals surface area contributed by atoms with Crippen LogP contribution in [0, 0.1) is 0 Å². The van der Waals surface area contributed by atoms with Crippen molar-refractivity contribution in [2.24, 2.45) is 0 Å². The van der Waals surface area contributed by atoms with Crippen LogP contribution in [0.5, 0.6) is 11.5 Å². The topological polar surface area (TPSA) is 38.7 Å². The smallest absolute Gasteiger partial charge is 0.119 e. The fourth-order valence-electron chi connectivity index (χ4n) is 2.07. The molecule has 1 N–H and O–H groups in total. The van der Waals surface area contributed by atoms with Crippen molar-refractivity contribution in [3.63, 3.8) is 0 Å². The van der Waals surface area contributed by atoms with E-state index in [2.05, 4.69) is 0 Å². The lowest BCUT2D eigenvalue weighted by Crippen LogP contribution is -2.01. The monoisotopic (exact) mass is 272 g/mol. The van der Waals surface area contributed by atoms with Crippen molar-refractivity contribution in [2.45, 2.75) is 20.0 Å². The first-order chi connectivity index (χ1) is 9.74. The molecule has 2 aromatic rings. The third-order valence-electron chi connectivity index (χ3n) is 2.97. The van der Waals surface area contributed by atoms with Crippen molar-refractivity contribution in [3.05, 3.63) is 59.7 Å². The van der Waals surface area contributed by atoms with E-state index in [1.54, 1.807) is 0 Å². The second-order valence-corrected chi connectivity index (χ2v) is 4.41. The lowest BCUT2D eigenvalue weighted by Gasteiger charge is -2.14. The number of aliphatic hydroxyl groups is 1. The summed E-state index contributed by atoms with van der Waals surface area (Å²) in [6, 6.07) is 15.0. The van der Waals surface area contributed by atoms with Crippen LogP contribution < -0.4 is 9.47 Å². The molecule has 106 valence electrons. The summed E-state index contributed by atoms with van der Waals surface area (Å²) in [6.45, 7) is 5.10. The molecule has 0 amide bonds. The first kappa shape index (κ1) is 14.4. The normalized spacial score (nSPS) is 10.6. The van der Waals surface area contributed by atoms with Gasteiger partial charge in [-0.1, -0.05) is 24.3 Å². The van der Waals surface area contributed by atoms with E-state index < -0.39 is 6.10 Å². The first-order valence-corrected chi connectivity index (χ1v) is 6.88. The summed E-state index contributed by atoms with van der Waals surface area (Å²) in [6.07, 6.45) is -0.684. The van der Waals surface area contributed by atoms with Crippen LogP contribution in [0.4, 0.5) is 0 Å². The average molecular weight is 272 g/mol. The van der Waals surface area contributed by atoms with E-state index in [1.165, 1.54) is 0 Å². The third-order valence-corrected chi connectivity index (χ3v) is 2.97. The number of aliphatic hydroxyl groups excluding tert-OH is 1. The van der Waals surface area contributed by atoms with Crippen molar-refractivity contribution in [2.75, 3.05) is 13.2 Å². The highest BCUT2D eigenvalue weighted by molar-refractivity contribution is 5.38. The van der Waals surface area contributed by atoms with Gasteiger partial charge in [0.25, 0.3) is 0 Å². The van der Waals surface area contributed by atoms with Crippen LogP contribution in [0.2, 0.25) is 0 Å². The van der Waals surface area contributed by atoms with Crippen LogP contribution in [0.3, 0.4) is 0 Å². The fraction of sp³-hybridized carbons (Fsp3) is 0.294. The van der Waals surface area contributed by atoms with Crippen molar-refractivity contribution < 1.29 is 14.6 Å². The van der Waals surface area contributed by atoms with Gasteiger partial charge in [-0.25, -0.2) is 0 Å². The van der Waals surface area contributed by atoms with Crippen LogP contribution in [-0.2, 0) is 0 Å². The number of hydrogen-bond donors (Lipinski definition) is 1. The summed E-state index contributed by atoms with van der Waals surface area (Å²) >= 11 is 0. The second kappa shape index (κ2) is 6.96. The molecule has 0 atom stereocenters. The summed E-state index contributed by atoms with van der Waals surface area (Å²) in [5, 5.41) is 10.5. The molecule has 0 aliphatic heterocycles. The Balaban J connectivity index is 2.23. The van der Waals surface area contributed by atoms with E-state index in [1.807, 2.05) is 62.4 Å². The highest BCUT2D eigenvalue weighted by atomic mass is 16.5. The van der Waals surface area contributed by atoms with Gasteiger partial charge in [0.05, 0.1) is 13.2 Å². The molecule has 0 heterocycles. The van der Waals surface area contributed by atoms with E-state index in [0.717, 1.165) is 22.6 Å². The van der Waals surface area contributed by atoms with E-state index in [4.69, 9.17) is 9.47 Å². The number of ether oxygens (including phenoxy) is 2. The highest BCUT2D eigenvalue weighted by Gasteiger charge is 2.12. The second-order valence-electron chi connectivity index (χ2n) is 4.41. The summed E-state index contributed by atoms with van der Waals surface area (Å²) in [7, 11) is 0. The zero-order valence-electron chi connectivity index (χ0n) is 11.9. The largest absolute Gasteiger partial charge is 0.494 e. The van der Waals surface area contributed by atoms with E-state index in [-0.39, 0.29) is 0 Å². The quantitative estimate of drug-likeness (QED) is 0.873. The SMILES string of the molecule is CCOc1cccc(C(O)c2cccc(OCC)c2)c1. The predicted molar refractivity (Wildman–Crippen MR) is 79.3 cm³/mol. The zero-order chi connectivity index (χ0) is 14.4. The minimum atomic E-state index is -0.684. The molecule has 0 aliphatic carbocycles. The van der Waals surface area contributed by atoms with E-state index >= 15 is 0 Å². The molecule has 2 rings (SSSR count). The minimum Gasteiger partial charge on any atom is -0.494 e. The molecule has 20 heavy (non-hydrogen) atoms. The van der Waals surface area contributed by atoms with E-state index in [0.29, 0.717) is 13.2 Å². The summed E-state index contributed by atoms with van der Waals surface area (Å²) in [4.78, 5) is 0. The minimum absolute atomic E-state index is 0.610. The lowest BCUT2D eigenvalue weighted by molar-refractivity contribution is 0.218. The van der Waals surface area contributed by atoms with Crippen LogP contribution in [-0.4, -0.2) is 18.3 Å². The zero-order valence-corrected chi connectivity index (χ0v) is 11.9. The van der Waals surface area contributed by atoms with Gasteiger partial charge >= 0.3 is 0 Å². The summed E-state index contributed by atoms with van der Waals surface area (Å²) in [5.74, 6) is 1.54. The maximum atomic E-state index is 10.5. The Morgan fingerprint density at radius 1 is 0.850 bits per heavy atom. The van der Waals surface area contributed by atoms with Gasteiger partial charge < -0.3 is 14.6 Å². The van der Waals surface area contributed by atoms with E-state index in [9.17, 15) is 5.11 Å². The maximum absolute atomic E-state index is 10.5. The van der Waals surface area contributed by atoms with Crippen LogP contribution in [0.15, 0.2) is 48.5 Å². The van der Waals surface area contributed by atoms with Crippen molar-refractivity contribution in [1.29, 1.82) is 0 Å². The molecular formula is C17H20O3. The fourth-order valence-corrected chi connectivity index (χ4v) is 2.07. The molecule has 3 heteroatoms. The average Bonchev–Trinajstić information content (AvgIpc) is 2.48. The van der Waals surface area contributed by atoms with Gasteiger partial charge in [0.2, 0.25) is 0 Å². The molecule has 2 aromatic carbocycles. The van der Waals surface area contributed by atoms with Crippen molar-refractivity contribution in [1.82, 2.24) is 0 Å². The third kappa shape index (κ3) is 3.52. The number of rotatable bonds is 6. The summed E-state index contributed by atoms with van der Waals surface area (Å²) in [5.41, 5.74) is 1.62. The number of benzene rings is 2. The molecule has 0 radical (unpaired) electrons. The van der Waals surface area contributed by atoms with Crippen molar-refractivity contribution in [3.8, 4) is 11.5 Å². The van der Waals surface area contributed by atoms with Gasteiger partial charge in [0, 0.05) is 0 Å². The Bertz CT molecular complexity index is 502. The molecule has 3 nitrogen and oxygen atoms in total. The maximum Gasteiger partial charge on any atom is 0.119 e. The van der Waals surface area contributed by atoms with Gasteiger partial charge in [-0.05, 0) is 49.2 Å². The van der Waals surface area contributed by atoms with Crippen molar-refractivity contribution >= 4 is 0 Å². The molecule has 0 aliphatic rings. The Morgan fingerprint density at radius 2 is 1.30 bits per heavy atom. The first-order valence-electron chi connectivity index (χ1n) is 6.88. The molecular weight excluding hydrogens is 252 g/mol. The molecule has 0 saturated heterocycles.